The average Bonchev–Trinajstić information content (AvgIpc) is 2.23. The maximum atomic E-state index is 13.4. The molecule has 0 aliphatic rings. The normalized spacial score (nSPS) is 12.5. The van der Waals surface area contributed by atoms with Crippen molar-refractivity contribution in [1.82, 2.24) is 5.32 Å². The lowest BCUT2D eigenvalue weighted by atomic mass is 10.0. The molecule has 0 aromatic heterocycles. The number of hydrogen-bond donors (Lipinski definition) is 1. The highest BCUT2D eigenvalue weighted by atomic mass is 79.9. The first kappa shape index (κ1) is 14.1. The number of benzene rings is 1. The maximum absolute atomic E-state index is 13.4. The van der Waals surface area contributed by atoms with Crippen LogP contribution in [0.15, 0.2) is 16.6 Å². The van der Waals surface area contributed by atoms with E-state index >= 15 is 0 Å². The van der Waals surface area contributed by atoms with Crippen LogP contribution in [-0.4, -0.2) is 17.5 Å². The largest absolute Gasteiger partial charge is 0.314 e. The third kappa shape index (κ3) is 3.74. The molecule has 0 aliphatic heterocycles. The number of nitrogens with one attached hydrogen (secondary N) is 1. The van der Waals surface area contributed by atoms with Gasteiger partial charge in [-0.1, -0.05) is 6.92 Å². The molecule has 0 saturated heterocycles. The number of nitro benzene ring substituents is 1. The van der Waals surface area contributed by atoms with Gasteiger partial charge >= 0.3 is 0 Å². The van der Waals surface area contributed by atoms with Gasteiger partial charge in [0.1, 0.15) is 5.82 Å². The Hall–Kier alpha value is -1.01. The van der Waals surface area contributed by atoms with Crippen LogP contribution in [0.25, 0.3) is 0 Å². The first-order chi connectivity index (χ1) is 7.95. The number of halogens is 2. The molecule has 94 valence electrons. The first-order valence-corrected chi connectivity index (χ1v) is 6.10. The minimum absolute atomic E-state index is 0.0528. The fourth-order valence-electron chi connectivity index (χ4n) is 1.66. The Balaban J connectivity index is 3.04. The van der Waals surface area contributed by atoms with Gasteiger partial charge in [-0.05, 0) is 41.9 Å². The molecule has 0 spiro atoms. The zero-order chi connectivity index (χ0) is 13.0. The second-order valence-corrected chi connectivity index (χ2v) is 4.67. The van der Waals surface area contributed by atoms with Gasteiger partial charge in [0.05, 0.1) is 9.40 Å². The lowest BCUT2D eigenvalue weighted by Gasteiger charge is -2.12. The van der Waals surface area contributed by atoms with Crippen molar-refractivity contribution in [2.24, 2.45) is 0 Å². The third-order valence-corrected chi connectivity index (χ3v) is 3.00. The van der Waals surface area contributed by atoms with Gasteiger partial charge in [-0.15, -0.1) is 0 Å². The SMILES string of the molecule is CCNC(C)Cc1cc(F)c(Br)cc1[N+](=O)[O-]. The lowest BCUT2D eigenvalue weighted by molar-refractivity contribution is -0.385. The van der Waals surface area contributed by atoms with Crippen LogP contribution in [0.4, 0.5) is 10.1 Å². The van der Waals surface area contributed by atoms with Gasteiger partial charge in [0, 0.05) is 17.7 Å². The van der Waals surface area contributed by atoms with Crippen molar-refractivity contribution in [2.75, 3.05) is 6.54 Å². The summed E-state index contributed by atoms with van der Waals surface area (Å²) in [5.41, 5.74) is 0.354. The average molecular weight is 305 g/mol. The highest BCUT2D eigenvalue weighted by molar-refractivity contribution is 9.10. The van der Waals surface area contributed by atoms with Gasteiger partial charge in [0.2, 0.25) is 0 Å². The standard InChI is InChI=1S/C11H14BrFN2O2/c1-3-14-7(2)4-8-5-10(13)9(12)6-11(8)15(16)17/h5-7,14H,3-4H2,1-2H3. The van der Waals surface area contributed by atoms with Crippen LogP contribution in [0.3, 0.4) is 0 Å². The summed E-state index contributed by atoms with van der Waals surface area (Å²) in [5.74, 6) is -0.478. The Morgan fingerprint density at radius 2 is 2.24 bits per heavy atom. The van der Waals surface area contributed by atoms with Crippen molar-refractivity contribution in [2.45, 2.75) is 26.3 Å². The summed E-state index contributed by atoms with van der Waals surface area (Å²) in [7, 11) is 0. The van der Waals surface area contributed by atoms with E-state index in [1.54, 1.807) is 0 Å². The third-order valence-electron chi connectivity index (χ3n) is 2.40. The molecule has 4 nitrogen and oxygen atoms in total. The van der Waals surface area contributed by atoms with Crippen LogP contribution in [0.5, 0.6) is 0 Å². The van der Waals surface area contributed by atoms with Crippen molar-refractivity contribution < 1.29 is 9.31 Å². The quantitative estimate of drug-likeness (QED) is 0.672. The van der Waals surface area contributed by atoms with E-state index in [9.17, 15) is 14.5 Å². The summed E-state index contributed by atoms with van der Waals surface area (Å²) < 4.78 is 13.5. The van der Waals surface area contributed by atoms with Gasteiger partial charge in [0.25, 0.3) is 5.69 Å². The second-order valence-electron chi connectivity index (χ2n) is 3.81. The number of rotatable bonds is 5. The van der Waals surface area contributed by atoms with E-state index in [0.29, 0.717) is 12.0 Å². The number of hydrogen-bond acceptors (Lipinski definition) is 3. The van der Waals surface area contributed by atoms with E-state index in [4.69, 9.17) is 0 Å². The van der Waals surface area contributed by atoms with Crippen molar-refractivity contribution in [3.05, 3.63) is 38.1 Å². The van der Waals surface area contributed by atoms with Gasteiger partial charge in [0.15, 0.2) is 0 Å². The number of likely N-dealkylation sites (N-methyl/N-ethyl adjacent to an activating group) is 1. The zero-order valence-corrected chi connectivity index (χ0v) is 11.3. The van der Waals surface area contributed by atoms with Crippen LogP contribution >= 0.6 is 15.9 Å². The van der Waals surface area contributed by atoms with Gasteiger partial charge in [-0.2, -0.15) is 0 Å². The van der Waals surface area contributed by atoms with Crippen LogP contribution in [0.2, 0.25) is 0 Å². The summed E-state index contributed by atoms with van der Waals surface area (Å²) in [6.45, 7) is 4.63. The van der Waals surface area contributed by atoms with E-state index in [0.717, 1.165) is 6.54 Å². The molecule has 1 N–H and O–H groups in total. The molecule has 0 fully saturated rings. The molecule has 1 aromatic carbocycles. The Bertz CT molecular complexity index is 426. The highest BCUT2D eigenvalue weighted by Crippen LogP contribution is 2.27. The van der Waals surface area contributed by atoms with Gasteiger partial charge in [-0.25, -0.2) is 4.39 Å². The maximum Gasteiger partial charge on any atom is 0.273 e. The van der Waals surface area contributed by atoms with Crippen LogP contribution < -0.4 is 5.32 Å². The van der Waals surface area contributed by atoms with E-state index in [-0.39, 0.29) is 16.2 Å². The highest BCUT2D eigenvalue weighted by Gasteiger charge is 2.18. The number of nitrogens with zero attached hydrogens (tertiary/aromatic N) is 1. The van der Waals surface area contributed by atoms with Gasteiger partial charge < -0.3 is 5.32 Å². The molecule has 17 heavy (non-hydrogen) atoms. The monoisotopic (exact) mass is 304 g/mol. The summed E-state index contributed by atoms with van der Waals surface area (Å²) in [5, 5.41) is 14.0. The van der Waals surface area contributed by atoms with Crippen molar-refractivity contribution in [3.8, 4) is 0 Å². The van der Waals surface area contributed by atoms with Crippen LogP contribution in [0, 0.1) is 15.9 Å². The molecule has 1 aromatic rings. The lowest BCUT2D eigenvalue weighted by Crippen LogP contribution is -2.27. The molecule has 1 rings (SSSR count). The van der Waals surface area contributed by atoms with E-state index < -0.39 is 10.7 Å². The molecule has 0 saturated carbocycles. The summed E-state index contributed by atoms with van der Waals surface area (Å²) in [4.78, 5) is 10.4. The molecule has 0 amide bonds. The predicted octanol–water partition coefficient (Wildman–Crippen LogP) is 3.04. The smallest absolute Gasteiger partial charge is 0.273 e. The predicted molar refractivity (Wildman–Crippen MR) is 67.6 cm³/mol. The van der Waals surface area contributed by atoms with E-state index in [2.05, 4.69) is 21.2 Å². The summed E-state index contributed by atoms with van der Waals surface area (Å²) in [6.07, 6.45) is 0.425. The minimum Gasteiger partial charge on any atom is -0.314 e. The number of nitro groups is 1. The molecule has 0 bridgehead atoms. The summed E-state index contributed by atoms with van der Waals surface area (Å²) >= 11 is 2.95. The van der Waals surface area contributed by atoms with Crippen molar-refractivity contribution in [3.63, 3.8) is 0 Å². The Morgan fingerprint density at radius 1 is 1.59 bits per heavy atom. The zero-order valence-electron chi connectivity index (χ0n) is 9.67. The fraction of sp³-hybridized carbons (Fsp3) is 0.455. The minimum atomic E-state index is -0.488. The molecule has 1 unspecified atom stereocenters. The van der Waals surface area contributed by atoms with Gasteiger partial charge in [-0.3, -0.25) is 10.1 Å². The Kier molecular flexibility index (Phi) is 5.02. The molecule has 0 heterocycles. The fourth-order valence-corrected chi connectivity index (χ4v) is 1.99. The molecule has 0 aliphatic carbocycles. The molecule has 1 atom stereocenters. The van der Waals surface area contributed by atoms with E-state index in [1.807, 2.05) is 13.8 Å². The van der Waals surface area contributed by atoms with E-state index in [1.165, 1.54) is 12.1 Å². The van der Waals surface area contributed by atoms with Crippen LogP contribution in [-0.2, 0) is 6.42 Å². The van der Waals surface area contributed by atoms with Crippen molar-refractivity contribution in [1.29, 1.82) is 0 Å². The second kappa shape index (κ2) is 6.07. The summed E-state index contributed by atoms with van der Waals surface area (Å²) in [6, 6.07) is 2.50. The topological polar surface area (TPSA) is 55.2 Å². The molecular formula is C11H14BrFN2O2. The molecule has 0 radical (unpaired) electrons. The molecular weight excluding hydrogens is 291 g/mol. The van der Waals surface area contributed by atoms with Crippen molar-refractivity contribution >= 4 is 21.6 Å². The Labute approximate surface area is 107 Å². The Morgan fingerprint density at radius 3 is 2.76 bits per heavy atom. The first-order valence-electron chi connectivity index (χ1n) is 5.31. The molecule has 6 heteroatoms. The van der Waals surface area contributed by atoms with Crippen LogP contribution in [0.1, 0.15) is 19.4 Å².